The molecular formula is C22H29N3. The molecule has 3 heteroatoms. The van der Waals surface area contributed by atoms with E-state index in [1.807, 2.05) is 0 Å². The quantitative estimate of drug-likeness (QED) is 0.657. The molecule has 132 valence electrons. The van der Waals surface area contributed by atoms with Gasteiger partial charge in [-0.05, 0) is 50.2 Å². The molecule has 0 aliphatic rings. The lowest BCUT2D eigenvalue weighted by molar-refractivity contribution is 0.388. The molecule has 1 heterocycles. The molecule has 0 bridgehead atoms. The highest BCUT2D eigenvalue weighted by Gasteiger charge is 2.16. The van der Waals surface area contributed by atoms with Crippen molar-refractivity contribution in [1.82, 2.24) is 14.5 Å². The van der Waals surface area contributed by atoms with Crippen molar-refractivity contribution in [1.29, 1.82) is 0 Å². The first-order valence-corrected chi connectivity index (χ1v) is 9.07. The number of rotatable bonds is 5. The van der Waals surface area contributed by atoms with E-state index in [-0.39, 0.29) is 5.41 Å². The summed E-state index contributed by atoms with van der Waals surface area (Å²) in [6.45, 7) is 8.81. The first kappa shape index (κ1) is 17.7. The second-order valence-corrected chi connectivity index (χ2v) is 8.06. The van der Waals surface area contributed by atoms with Gasteiger partial charge in [0.25, 0.3) is 0 Å². The SMILES string of the molecule is CN(C)CCCn1c(-c2ccc(C(C)(C)C)cc2)nc2ccccc21. The van der Waals surface area contributed by atoms with Gasteiger partial charge in [-0.25, -0.2) is 4.98 Å². The first-order chi connectivity index (χ1) is 11.9. The van der Waals surface area contributed by atoms with Gasteiger partial charge >= 0.3 is 0 Å². The minimum atomic E-state index is 0.171. The molecule has 0 amide bonds. The zero-order valence-corrected chi connectivity index (χ0v) is 16.1. The normalized spacial score (nSPS) is 12.2. The smallest absolute Gasteiger partial charge is 0.141 e. The van der Waals surface area contributed by atoms with Crippen molar-refractivity contribution in [3.63, 3.8) is 0 Å². The number of para-hydroxylation sites is 2. The van der Waals surface area contributed by atoms with E-state index in [1.165, 1.54) is 16.6 Å². The lowest BCUT2D eigenvalue weighted by Gasteiger charge is -2.19. The van der Waals surface area contributed by atoms with Crippen LogP contribution in [0.5, 0.6) is 0 Å². The van der Waals surface area contributed by atoms with Crippen LogP contribution < -0.4 is 0 Å². The molecule has 0 unspecified atom stereocenters. The number of hydrogen-bond donors (Lipinski definition) is 0. The number of hydrogen-bond acceptors (Lipinski definition) is 2. The molecule has 0 fully saturated rings. The molecule has 0 saturated carbocycles. The third-order valence-electron chi connectivity index (χ3n) is 4.65. The van der Waals surface area contributed by atoms with Gasteiger partial charge < -0.3 is 9.47 Å². The standard InChI is InChI=1S/C22H29N3/c1-22(2,3)18-13-11-17(12-14-18)21-23-19-9-6-7-10-20(19)25(21)16-8-15-24(4)5/h6-7,9-14H,8,15-16H2,1-5H3. The largest absolute Gasteiger partial charge is 0.324 e. The Morgan fingerprint density at radius 2 is 1.64 bits per heavy atom. The van der Waals surface area contributed by atoms with Gasteiger partial charge in [0.1, 0.15) is 5.82 Å². The van der Waals surface area contributed by atoms with Gasteiger partial charge in [-0.2, -0.15) is 0 Å². The Bertz CT molecular complexity index is 836. The van der Waals surface area contributed by atoms with Crippen LogP contribution in [-0.2, 0) is 12.0 Å². The molecule has 3 rings (SSSR count). The summed E-state index contributed by atoms with van der Waals surface area (Å²) in [6.07, 6.45) is 1.11. The number of aromatic nitrogens is 2. The Hall–Kier alpha value is -2.13. The zero-order valence-electron chi connectivity index (χ0n) is 16.1. The fourth-order valence-corrected chi connectivity index (χ4v) is 3.19. The van der Waals surface area contributed by atoms with E-state index in [1.54, 1.807) is 0 Å². The van der Waals surface area contributed by atoms with Gasteiger partial charge in [0, 0.05) is 12.1 Å². The topological polar surface area (TPSA) is 21.1 Å². The minimum Gasteiger partial charge on any atom is -0.324 e. The molecule has 25 heavy (non-hydrogen) atoms. The summed E-state index contributed by atoms with van der Waals surface area (Å²) in [7, 11) is 4.25. The van der Waals surface area contributed by atoms with E-state index in [2.05, 4.69) is 92.9 Å². The second kappa shape index (κ2) is 7.01. The maximum absolute atomic E-state index is 4.92. The van der Waals surface area contributed by atoms with Crippen LogP contribution in [0.1, 0.15) is 32.8 Å². The number of aryl methyl sites for hydroxylation is 1. The van der Waals surface area contributed by atoms with Gasteiger partial charge in [-0.15, -0.1) is 0 Å². The van der Waals surface area contributed by atoms with Crippen molar-refractivity contribution in [2.75, 3.05) is 20.6 Å². The molecular weight excluding hydrogens is 306 g/mol. The predicted molar refractivity (Wildman–Crippen MR) is 107 cm³/mol. The lowest BCUT2D eigenvalue weighted by Crippen LogP contribution is -2.15. The Morgan fingerprint density at radius 1 is 0.960 bits per heavy atom. The van der Waals surface area contributed by atoms with E-state index in [0.29, 0.717) is 0 Å². The molecule has 0 aliphatic heterocycles. The van der Waals surface area contributed by atoms with Crippen LogP contribution in [-0.4, -0.2) is 35.1 Å². The molecule has 3 nitrogen and oxygen atoms in total. The molecule has 0 N–H and O–H groups in total. The van der Waals surface area contributed by atoms with Gasteiger partial charge in [0.15, 0.2) is 0 Å². The van der Waals surface area contributed by atoms with Crippen molar-refractivity contribution in [2.24, 2.45) is 0 Å². The fourth-order valence-electron chi connectivity index (χ4n) is 3.19. The van der Waals surface area contributed by atoms with Crippen LogP contribution in [0.3, 0.4) is 0 Å². The Balaban J connectivity index is 1.99. The Labute approximate surface area is 151 Å². The van der Waals surface area contributed by atoms with Crippen molar-refractivity contribution in [3.05, 3.63) is 54.1 Å². The van der Waals surface area contributed by atoms with Crippen molar-refractivity contribution in [2.45, 2.75) is 39.2 Å². The predicted octanol–water partition coefficient (Wildman–Crippen LogP) is 4.95. The molecule has 0 aliphatic carbocycles. The van der Waals surface area contributed by atoms with Crippen LogP contribution in [0, 0.1) is 0 Å². The zero-order chi connectivity index (χ0) is 18.0. The molecule has 0 atom stereocenters. The fraction of sp³-hybridized carbons (Fsp3) is 0.409. The van der Waals surface area contributed by atoms with Crippen LogP contribution in [0.4, 0.5) is 0 Å². The lowest BCUT2D eigenvalue weighted by atomic mass is 9.87. The molecule has 0 saturated heterocycles. The monoisotopic (exact) mass is 335 g/mol. The molecule has 1 aromatic heterocycles. The van der Waals surface area contributed by atoms with Gasteiger partial charge in [-0.3, -0.25) is 0 Å². The maximum atomic E-state index is 4.92. The summed E-state index contributed by atoms with van der Waals surface area (Å²) in [6, 6.07) is 17.3. The average Bonchev–Trinajstić information content (AvgIpc) is 2.93. The summed E-state index contributed by atoms with van der Waals surface area (Å²) in [4.78, 5) is 7.15. The number of nitrogens with zero attached hydrogens (tertiary/aromatic N) is 3. The first-order valence-electron chi connectivity index (χ1n) is 9.07. The van der Waals surface area contributed by atoms with Crippen molar-refractivity contribution < 1.29 is 0 Å². The third-order valence-corrected chi connectivity index (χ3v) is 4.65. The highest BCUT2D eigenvalue weighted by Crippen LogP contribution is 2.28. The average molecular weight is 335 g/mol. The van der Waals surface area contributed by atoms with Gasteiger partial charge in [-0.1, -0.05) is 57.2 Å². The second-order valence-electron chi connectivity index (χ2n) is 8.06. The van der Waals surface area contributed by atoms with Crippen molar-refractivity contribution >= 4 is 11.0 Å². The Morgan fingerprint density at radius 3 is 2.28 bits per heavy atom. The summed E-state index contributed by atoms with van der Waals surface area (Å²) >= 11 is 0. The summed E-state index contributed by atoms with van der Waals surface area (Å²) in [5.41, 5.74) is 5.00. The third kappa shape index (κ3) is 3.93. The number of benzene rings is 2. The molecule has 3 aromatic rings. The maximum Gasteiger partial charge on any atom is 0.141 e. The van der Waals surface area contributed by atoms with E-state index in [9.17, 15) is 0 Å². The van der Waals surface area contributed by atoms with Crippen LogP contribution >= 0.6 is 0 Å². The van der Waals surface area contributed by atoms with Crippen LogP contribution in [0.25, 0.3) is 22.4 Å². The summed E-state index contributed by atoms with van der Waals surface area (Å²) < 4.78 is 2.37. The molecule has 0 radical (unpaired) electrons. The highest BCUT2D eigenvalue weighted by atomic mass is 15.1. The van der Waals surface area contributed by atoms with Crippen LogP contribution in [0.2, 0.25) is 0 Å². The summed E-state index contributed by atoms with van der Waals surface area (Å²) in [5, 5.41) is 0. The summed E-state index contributed by atoms with van der Waals surface area (Å²) in [5.74, 6) is 1.07. The van der Waals surface area contributed by atoms with Crippen molar-refractivity contribution in [3.8, 4) is 11.4 Å². The van der Waals surface area contributed by atoms with Gasteiger partial charge in [0.2, 0.25) is 0 Å². The number of fused-ring (bicyclic) bond motifs is 1. The highest BCUT2D eigenvalue weighted by molar-refractivity contribution is 5.80. The molecule has 0 spiro atoms. The Kier molecular flexibility index (Phi) is 4.96. The van der Waals surface area contributed by atoms with Crippen LogP contribution in [0.15, 0.2) is 48.5 Å². The minimum absolute atomic E-state index is 0.171. The van der Waals surface area contributed by atoms with E-state index >= 15 is 0 Å². The number of imidazole rings is 1. The van der Waals surface area contributed by atoms with E-state index < -0.39 is 0 Å². The molecule has 2 aromatic carbocycles. The van der Waals surface area contributed by atoms with Gasteiger partial charge in [0.05, 0.1) is 11.0 Å². The van der Waals surface area contributed by atoms with E-state index in [0.717, 1.165) is 30.9 Å². The van der Waals surface area contributed by atoms with E-state index in [4.69, 9.17) is 4.98 Å².